The van der Waals surface area contributed by atoms with Gasteiger partial charge < -0.3 is 9.47 Å². The van der Waals surface area contributed by atoms with E-state index in [2.05, 4.69) is 0 Å². The van der Waals surface area contributed by atoms with Crippen LogP contribution in [0.1, 0.15) is 53.4 Å². The fourth-order valence-corrected chi connectivity index (χ4v) is 2.19. The summed E-state index contributed by atoms with van der Waals surface area (Å²) in [6.07, 6.45) is 3.53. The molecule has 20 heavy (non-hydrogen) atoms. The zero-order valence-electron chi connectivity index (χ0n) is 13.1. The molecule has 0 spiro atoms. The van der Waals surface area contributed by atoms with Gasteiger partial charge in [-0.1, -0.05) is 13.3 Å². The summed E-state index contributed by atoms with van der Waals surface area (Å²) in [4.78, 5) is 25.7. The predicted octanol–water partition coefficient (Wildman–Crippen LogP) is 2.14. The number of esters is 2. The average Bonchev–Trinajstić information content (AvgIpc) is 2.75. The van der Waals surface area contributed by atoms with Gasteiger partial charge in [-0.3, -0.25) is 14.5 Å². The van der Waals surface area contributed by atoms with Crippen molar-refractivity contribution in [1.82, 2.24) is 4.90 Å². The first-order valence-electron chi connectivity index (χ1n) is 7.46. The SMILES string of the molecule is CCCCOC(=O)CN1CCC[C@@H]1C(=O)OC(C)(C)C. The molecule has 1 atom stereocenters. The van der Waals surface area contributed by atoms with Gasteiger partial charge in [0.05, 0.1) is 13.2 Å². The highest BCUT2D eigenvalue weighted by Crippen LogP contribution is 2.20. The minimum Gasteiger partial charge on any atom is -0.465 e. The van der Waals surface area contributed by atoms with E-state index in [1.165, 1.54) is 0 Å². The van der Waals surface area contributed by atoms with Crippen LogP contribution in [0, 0.1) is 0 Å². The van der Waals surface area contributed by atoms with Gasteiger partial charge in [0.25, 0.3) is 0 Å². The van der Waals surface area contributed by atoms with E-state index >= 15 is 0 Å². The first-order chi connectivity index (χ1) is 9.33. The van der Waals surface area contributed by atoms with Crippen molar-refractivity contribution in [3.8, 4) is 0 Å². The summed E-state index contributed by atoms with van der Waals surface area (Å²) < 4.78 is 10.5. The molecule has 1 saturated heterocycles. The average molecular weight is 285 g/mol. The third kappa shape index (κ3) is 5.90. The number of ether oxygens (including phenoxy) is 2. The first-order valence-corrected chi connectivity index (χ1v) is 7.46. The maximum Gasteiger partial charge on any atom is 0.323 e. The van der Waals surface area contributed by atoms with Crippen molar-refractivity contribution in [2.75, 3.05) is 19.7 Å². The Morgan fingerprint density at radius 1 is 1.30 bits per heavy atom. The van der Waals surface area contributed by atoms with E-state index in [1.807, 2.05) is 32.6 Å². The van der Waals surface area contributed by atoms with Crippen molar-refractivity contribution in [2.45, 2.75) is 65.0 Å². The molecule has 0 bridgehead atoms. The molecule has 1 fully saturated rings. The number of likely N-dealkylation sites (tertiary alicyclic amines) is 1. The summed E-state index contributed by atoms with van der Waals surface area (Å²) in [5.74, 6) is -0.495. The second-order valence-electron chi connectivity index (χ2n) is 6.24. The second-order valence-corrected chi connectivity index (χ2v) is 6.24. The lowest BCUT2D eigenvalue weighted by Crippen LogP contribution is -2.43. The van der Waals surface area contributed by atoms with Crippen LogP contribution in [-0.4, -0.2) is 48.2 Å². The van der Waals surface area contributed by atoms with Crippen LogP contribution in [-0.2, 0) is 19.1 Å². The first kappa shape index (κ1) is 17.0. The highest BCUT2D eigenvalue weighted by molar-refractivity contribution is 5.78. The second kappa shape index (κ2) is 7.62. The number of nitrogens with zero attached hydrogens (tertiary/aromatic N) is 1. The lowest BCUT2D eigenvalue weighted by Gasteiger charge is -2.26. The van der Waals surface area contributed by atoms with E-state index < -0.39 is 5.60 Å². The summed E-state index contributed by atoms with van der Waals surface area (Å²) >= 11 is 0. The molecule has 0 N–H and O–H groups in total. The number of carbonyl (C=O) groups is 2. The van der Waals surface area contributed by atoms with Gasteiger partial charge in [0.15, 0.2) is 0 Å². The smallest absolute Gasteiger partial charge is 0.323 e. The van der Waals surface area contributed by atoms with E-state index in [0.29, 0.717) is 6.61 Å². The van der Waals surface area contributed by atoms with Crippen molar-refractivity contribution in [3.63, 3.8) is 0 Å². The van der Waals surface area contributed by atoms with Crippen molar-refractivity contribution in [3.05, 3.63) is 0 Å². The minimum atomic E-state index is -0.493. The summed E-state index contributed by atoms with van der Waals surface area (Å²) in [5.41, 5.74) is -0.493. The fourth-order valence-electron chi connectivity index (χ4n) is 2.19. The molecule has 0 radical (unpaired) electrons. The largest absolute Gasteiger partial charge is 0.465 e. The molecule has 0 amide bonds. The van der Waals surface area contributed by atoms with Crippen LogP contribution in [0.3, 0.4) is 0 Å². The summed E-state index contributed by atoms with van der Waals surface area (Å²) in [6.45, 7) is 8.98. The highest BCUT2D eigenvalue weighted by Gasteiger charge is 2.35. The van der Waals surface area contributed by atoms with Crippen LogP contribution in [0.2, 0.25) is 0 Å². The Morgan fingerprint density at radius 3 is 2.60 bits per heavy atom. The molecule has 0 aromatic rings. The molecule has 1 aliphatic rings. The maximum atomic E-state index is 12.1. The molecule has 0 saturated carbocycles. The molecular weight excluding hydrogens is 258 g/mol. The zero-order valence-corrected chi connectivity index (χ0v) is 13.1. The lowest BCUT2D eigenvalue weighted by molar-refractivity contribution is -0.161. The normalized spacial score (nSPS) is 19.9. The molecule has 0 unspecified atom stereocenters. The topological polar surface area (TPSA) is 55.8 Å². The number of rotatable bonds is 6. The van der Waals surface area contributed by atoms with Gasteiger partial charge in [-0.2, -0.15) is 0 Å². The third-order valence-electron chi connectivity index (χ3n) is 3.14. The fraction of sp³-hybridized carbons (Fsp3) is 0.867. The molecule has 5 nitrogen and oxygen atoms in total. The van der Waals surface area contributed by atoms with E-state index in [4.69, 9.17) is 9.47 Å². The van der Waals surface area contributed by atoms with Crippen LogP contribution in [0.5, 0.6) is 0 Å². The van der Waals surface area contributed by atoms with Crippen LogP contribution in [0.25, 0.3) is 0 Å². The van der Waals surface area contributed by atoms with Gasteiger partial charge in [-0.15, -0.1) is 0 Å². The highest BCUT2D eigenvalue weighted by atomic mass is 16.6. The van der Waals surface area contributed by atoms with Gasteiger partial charge in [0.1, 0.15) is 11.6 Å². The molecule has 5 heteroatoms. The molecule has 1 rings (SSSR count). The van der Waals surface area contributed by atoms with Crippen molar-refractivity contribution >= 4 is 11.9 Å². The van der Waals surface area contributed by atoms with Crippen molar-refractivity contribution in [1.29, 1.82) is 0 Å². The summed E-state index contributed by atoms with van der Waals surface area (Å²) in [5, 5.41) is 0. The Balaban J connectivity index is 2.44. The summed E-state index contributed by atoms with van der Waals surface area (Å²) in [6, 6.07) is -0.312. The van der Waals surface area contributed by atoms with Gasteiger partial charge in [-0.05, 0) is 46.6 Å². The molecule has 116 valence electrons. The third-order valence-corrected chi connectivity index (χ3v) is 3.14. The van der Waals surface area contributed by atoms with E-state index in [9.17, 15) is 9.59 Å². The van der Waals surface area contributed by atoms with Gasteiger partial charge in [0, 0.05) is 0 Å². The van der Waals surface area contributed by atoms with Crippen LogP contribution in [0.4, 0.5) is 0 Å². The Labute approximate surface area is 121 Å². The monoisotopic (exact) mass is 285 g/mol. The molecule has 0 aromatic heterocycles. The number of carbonyl (C=O) groups excluding carboxylic acids is 2. The predicted molar refractivity (Wildman–Crippen MR) is 76.3 cm³/mol. The van der Waals surface area contributed by atoms with Gasteiger partial charge >= 0.3 is 11.9 Å². The zero-order chi connectivity index (χ0) is 15.2. The number of unbranched alkanes of at least 4 members (excludes halogenated alkanes) is 1. The Bertz CT molecular complexity index is 335. The molecule has 1 aliphatic heterocycles. The van der Waals surface area contributed by atoms with E-state index in [-0.39, 0.29) is 24.5 Å². The standard InChI is InChI=1S/C15H27NO4/c1-5-6-10-19-13(17)11-16-9-7-8-12(16)14(18)20-15(2,3)4/h12H,5-11H2,1-4H3/t12-/m1/s1. The molecule has 1 heterocycles. The summed E-state index contributed by atoms with van der Waals surface area (Å²) in [7, 11) is 0. The molecule has 0 aromatic carbocycles. The lowest BCUT2D eigenvalue weighted by atomic mass is 10.1. The van der Waals surface area contributed by atoms with Gasteiger partial charge in [-0.25, -0.2) is 0 Å². The Hall–Kier alpha value is -1.10. The number of hydrogen-bond acceptors (Lipinski definition) is 5. The quantitative estimate of drug-likeness (QED) is 0.553. The van der Waals surface area contributed by atoms with E-state index in [1.54, 1.807) is 0 Å². The maximum absolute atomic E-state index is 12.1. The van der Waals surface area contributed by atoms with Crippen molar-refractivity contribution in [2.24, 2.45) is 0 Å². The Kier molecular flexibility index (Phi) is 6.46. The van der Waals surface area contributed by atoms with Gasteiger partial charge in [0.2, 0.25) is 0 Å². The van der Waals surface area contributed by atoms with Crippen LogP contribution >= 0.6 is 0 Å². The van der Waals surface area contributed by atoms with Crippen molar-refractivity contribution < 1.29 is 19.1 Å². The molecule has 0 aliphatic carbocycles. The molecular formula is C15H27NO4. The van der Waals surface area contributed by atoms with Crippen LogP contribution < -0.4 is 0 Å². The Morgan fingerprint density at radius 2 is 2.00 bits per heavy atom. The number of hydrogen-bond donors (Lipinski definition) is 0. The van der Waals surface area contributed by atoms with E-state index in [0.717, 1.165) is 32.2 Å². The minimum absolute atomic E-state index is 0.174. The van der Waals surface area contributed by atoms with Crippen LogP contribution in [0.15, 0.2) is 0 Å².